The van der Waals surface area contributed by atoms with Gasteiger partial charge in [0.05, 0.1) is 36.0 Å². The third-order valence-corrected chi connectivity index (χ3v) is 4.92. The van der Waals surface area contributed by atoms with E-state index >= 15 is 0 Å². The number of benzene rings is 1. The summed E-state index contributed by atoms with van der Waals surface area (Å²) in [6, 6.07) is 8.42. The third-order valence-electron chi connectivity index (χ3n) is 3.84. The average molecular weight is 516 g/mol. The number of hydrogen-bond donors (Lipinski definition) is 2. The highest BCUT2D eigenvalue weighted by atomic mass is 127. The molecule has 0 saturated carbocycles. The van der Waals surface area contributed by atoms with Crippen LogP contribution in [-0.4, -0.2) is 23.1 Å². The first kappa shape index (κ1) is 24.8. The van der Waals surface area contributed by atoms with Crippen LogP contribution in [0.25, 0.3) is 0 Å². The van der Waals surface area contributed by atoms with E-state index in [9.17, 15) is 0 Å². The standard InChI is InChI=1S/C21H32N4OS.HI/c1-7-22-20(24-13-19-15(2)25-16(3)27-19)23-12-17-9-8-10-18(11-17)14-26-21(4,5)6;/h8-11H,7,12-14H2,1-6H3,(H2,22,23,24);1H. The van der Waals surface area contributed by atoms with Crippen LogP contribution in [-0.2, 0) is 24.4 Å². The van der Waals surface area contributed by atoms with Crippen molar-refractivity contribution in [2.45, 2.75) is 66.8 Å². The number of nitrogens with one attached hydrogen (secondary N) is 2. The maximum Gasteiger partial charge on any atom is 0.191 e. The van der Waals surface area contributed by atoms with Crippen LogP contribution in [0.4, 0.5) is 0 Å². The third kappa shape index (κ3) is 8.87. The largest absolute Gasteiger partial charge is 0.371 e. The Morgan fingerprint density at radius 2 is 1.89 bits per heavy atom. The SMILES string of the molecule is CCNC(=NCc1cccc(COC(C)(C)C)c1)NCc1sc(C)nc1C.I. The molecule has 1 aromatic carbocycles. The van der Waals surface area contributed by atoms with Crippen LogP contribution in [0, 0.1) is 13.8 Å². The van der Waals surface area contributed by atoms with Gasteiger partial charge in [0.25, 0.3) is 0 Å². The minimum absolute atomic E-state index is 0. The lowest BCUT2D eigenvalue weighted by Gasteiger charge is -2.19. The summed E-state index contributed by atoms with van der Waals surface area (Å²) in [5, 5.41) is 7.81. The van der Waals surface area contributed by atoms with Crippen molar-refractivity contribution >= 4 is 41.3 Å². The summed E-state index contributed by atoms with van der Waals surface area (Å²) >= 11 is 1.73. The molecule has 2 N–H and O–H groups in total. The molecular formula is C21H33IN4OS. The molecule has 2 rings (SSSR count). The van der Waals surface area contributed by atoms with Crippen molar-refractivity contribution in [1.29, 1.82) is 0 Å². The molecule has 0 radical (unpaired) electrons. The van der Waals surface area contributed by atoms with E-state index in [4.69, 9.17) is 9.73 Å². The highest BCUT2D eigenvalue weighted by molar-refractivity contribution is 14.0. The average Bonchev–Trinajstić information content (AvgIpc) is 2.93. The number of aryl methyl sites for hydroxylation is 2. The Labute approximate surface area is 190 Å². The minimum Gasteiger partial charge on any atom is -0.371 e. The van der Waals surface area contributed by atoms with Crippen LogP contribution in [0.5, 0.6) is 0 Å². The van der Waals surface area contributed by atoms with Crippen LogP contribution in [0.2, 0.25) is 0 Å². The number of hydrogen-bond acceptors (Lipinski definition) is 4. The lowest BCUT2D eigenvalue weighted by molar-refractivity contribution is -0.0149. The van der Waals surface area contributed by atoms with E-state index in [0.717, 1.165) is 29.8 Å². The molecule has 7 heteroatoms. The molecule has 0 spiro atoms. The molecule has 0 atom stereocenters. The smallest absolute Gasteiger partial charge is 0.191 e. The first-order valence-electron chi connectivity index (χ1n) is 9.43. The fourth-order valence-corrected chi connectivity index (χ4v) is 3.41. The summed E-state index contributed by atoms with van der Waals surface area (Å²) in [6.45, 7) is 15.2. The second-order valence-electron chi connectivity index (χ2n) is 7.51. The molecule has 0 aliphatic heterocycles. The van der Waals surface area contributed by atoms with Crippen LogP contribution < -0.4 is 10.6 Å². The maximum absolute atomic E-state index is 5.87. The molecule has 0 fully saturated rings. The second kappa shape index (κ2) is 11.7. The van der Waals surface area contributed by atoms with Gasteiger partial charge in [-0.25, -0.2) is 9.98 Å². The fraction of sp³-hybridized carbons (Fsp3) is 0.524. The molecule has 0 amide bonds. The van der Waals surface area contributed by atoms with E-state index in [2.05, 4.69) is 74.5 Å². The molecule has 0 aliphatic rings. The molecule has 156 valence electrons. The van der Waals surface area contributed by atoms with Gasteiger partial charge in [-0.3, -0.25) is 0 Å². The monoisotopic (exact) mass is 516 g/mol. The molecule has 28 heavy (non-hydrogen) atoms. The number of aliphatic imine (C=N–C) groups is 1. The van der Waals surface area contributed by atoms with E-state index in [1.807, 2.05) is 6.92 Å². The molecular weight excluding hydrogens is 483 g/mol. The van der Waals surface area contributed by atoms with Gasteiger partial charge in [-0.1, -0.05) is 24.3 Å². The van der Waals surface area contributed by atoms with Gasteiger partial charge in [-0.2, -0.15) is 0 Å². The van der Waals surface area contributed by atoms with Gasteiger partial charge in [0.2, 0.25) is 0 Å². The zero-order chi connectivity index (χ0) is 19.9. The van der Waals surface area contributed by atoms with E-state index in [0.29, 0.717) is 13.2 Å². The number of aromatic nitrogens is 1. The summed E-state index contributed by atoms with van der Waals surface area (Å²) in [7, 11) is 0. The first-order valence-corrected chi connectivity index (χ1v) is 10.3. The lowest BCUT2D eigenvalue weighted by atomic mass is 10.1. The zero-order valence-corrected chi connectivity index (χ0v) is 20.9. The van der Waals surface area contributed by atoms with Crippen molar-refractivity contribution in [1.82, 2.24) is 15.6 Å². The van der Waals surface area contributed by atoms with Crippen LogP contribution in [0.3, 0.4) is 0 Å². The number of ether oxygens (including phenoxy) is 1. The van der Waals surface area contributed by atoms with E-state index in [1.54, 1.807) is 11.3 Å². The molecule has 5 nitrogen and oxygen atoms in total. The van der Waals surface area contributed by atoms with Crippen LogP contribution in [0.1, 0.15) is 54.4 Å². The Bertz CT molecular complexity index is 768. The predicted molar refractivity (Wildman–Crippen MR) is 130 cm³/mol. The van der Waals surface area contributed by atoms with Gasteiger partial charge in [-0.15, -0.1) is 35.3 Å². The van der Waals surface area contributed by atoms with E-state index < -0.39 is 0 Å². The van der Waals surface area contributed by atoms with Gasteiger partial charge < -0.3 is 15.4 Å². The Balaban J connectivity index is 0.00000392. The van der Waals surface area contributed by atoms with Crippen LogP contribution in [0.15, 0.2) is 29.3 Å². The van der Waals surface area contributed by atoms with Crippen molar-refractivity contribution in [3.05, 3.63) is 51.0 Å². The van der Waals surface area contributed by atoms with Crippen molar-refractivity contribution < 1.29 is 4.74 Å². The predicted octanol–water partition coefficient (Wildman–Crippen LogP) is 4.95. The Hall–Kier alpha value is -1.19. The van der Waals surface area contributed by atoms with Gasteiger partial charge in [0.15, 0.2) is 5.96 Å². The van der Waals surface area contributed by atoms with E-state index in [-0.39, 0.29) is 29.6 Å². The highest BCUT2D eigenvalue weighted by Crippen LogP contribution is 2.16. The number of thiazole rings is 1. The lowest BCUT2D eigenvalue weighted by Crippen LogP contribution is -2.36. The number of halogens is 1. The Morgan fingerprint density at radius 1 is 1.18 bits per heavy atom. The molecule has 1 heterocycles. The summed E-state index contributed by atoms with van der Waals surface area (Å²) in [6.07, 6.45) is 0. The molecule has 0 unspecified atom stereocenters. The Morgan fingerprint density at radius 3 is 2.50 bits per heavy atom. The molecule has 2 aromatic rings. The minimum atomic E-state index is -0.135. The quantitative estimate of drug-likeness (QED) is 0.311. The molecule has 0 saturated heterocycles. The van der Waals surface area contributed by atoms with Gasteiger partial charge in [0.1, 0.15) is 0 Å². The molecule has 0 aliphatic carbocycles. The summed E-state index contributed by atoms with van der Waals surface area (Å²) in [4.78, 5) is 10.5. The van der Waals surface area contributed by atoms with Crippen molar-refractivity contribution in [3.63, 3.8) is 0 Å². The van der Waals surface area contributed by atoms with E-state index in [1.165, 1.54) is 16.0 Å². The van der Waals surface area contributed by atoms with Crippen LogP contribution >= 0.6 is 35.3 Å². The second-order valence-corrected chi connectivity index (χ2v) is 8.80. The summed E-state index contributed by atoms with van der Waals surface area (Å²) < 4.78 is 5.87. The fourth-order valence-electron chi connectivity index (χ4n) is 2.53. The van der Waals surface area contributed by atoms with Crippen molar-refractivity contribution in [2.24, 2.45) is 4.99 Å². The summed E-state index contributed by atoms with van der Waals surface area (Å²) in [5.74, 6) is 0.819. The van der Waals surface area contributed by atoms with Gasteiger partial charge in [-0.05, 0) is 52.7 Å². The zero-order valence-electron chi connectivity index (χ0n) is 17.8. The van der Waals surface area contributed by atoms with Gasteiger partial charge in [0, 0.05) is 11.4 Å². The number of nitrogens with zero attached hydrogens (tertiary/aromatic N) is 2. The van der Waals surface area contributed by atoms with Crippen molar-refractivity contribution in [3.8, 4) is 0 Å². The number of guanidine groups is 1. The number of rotatable bonds is 7. The molecule has 0 bridgehead atoms. The highest BCUT2D eigenvalue weighted by Gasteiger charge is 2.10. The Kier molecular flexibility index (Phi) is 10.4. The van der Waals surface area contributed by atoms with Gasteiger partial charge >= 0.3 is 0 Å². The van der Waals surface area contributed by atoms with Crippen molar-refractivity contribution in [2.75, 3.05) is 6.54 Å². The maximum atomic E-state index is 5.87. The first-order chi connectivity index (χ1) is 12.8. The summed E-state index contributed by atoms with van der Waals surface area (Å²) in [5.41, 5.74) is 3.30. The normalized spacial score (nSPS) is 11.9. The molecule has 1 aromatic heterocycles. The topological polar surface area (TPSA) is 58.5 Å².